The van der Waals surface area contributed by atoms with E-state index >= 15 is 0 Å². The number of hydrogen-bond acceptors (Lipinski definition) is 8. The Morgan fingerprint density at radius 3 is 2.18 bits per heavy atom. The molecule has 0 aliphatic carbocycles. The van der Waals surface area contributed by atoms with Gasteiger partial charge < -0.3 is 19.4 Å². The molecule has 39 heavy (non-hydrogen) atoms. The van der Waals surface area contributed by atoms with Crippen LogP contribution in [0.5, 0.6) is 0 Å². The lowest BCUT2D eigenvalue weighted by Gasteiger charge is -2.31. The molecule has 1 N–H and O–H groups in total. The Labute approximate surface area is 228 Å². The number of carbonyl (C=O) groups excluding carboxylic acids is 3. The average Bonchev–Trinajstić information content (AvgIpc) is 2.94. The van der Waals surface area contributed by atoms with Gasteiger partial charge in [-0.1, -0.05) is 67.5 Å². The fraction of sp³-hybridized carbons (Fsp3) is 0.419. The minimum Gasteiger partial charge on any atom is -0.469 e. The van der Waals surface area contributed by atoms with Crippen molar-refractivity contribution in [1.82, 2.24) is 0 Å². The first kappa shape index (κ1) is 29.8. The summed E-state index contributed by atoms with van der Waals surface area (Å²) in [6.45, 7) is 5.19. The largest absolute Gasteiger partial charge is 0.469 e. The molecule has 3 aromatic rings. The third-order valence-corrected chi connectivity index (χ3v) is 7.04. The lowest BCUT2D eigenvalue weighted by molar-refractivity contribution is -0.159. The molecule has 8 heteroatoms. The van der Waals surface area contributed by atoms with Crippen molar-refractivity contribution in [2.24, 2.45) is 22.4 Å². The Kier molecular flexibility index (Phi) is 10.6. The van der Waals surface area contributed by atoms with Gasteiger partial charge >= 0.3 is 17.9 Å². The summed E-state index contributed by atoms with van der Waals surface area (Å²) < 4.78 is 10.3. The molecule has 208 valence electrons. The van der Waals surface area contributed by atoms with Gasteiger partial charge in [0.15, 0.2) is 0 Å². The van der Waals surface area contributed by atoms with E-state index in [9.17, 15) is 14.4 Å². The molecular formula is C31H37NO7. The van der Waals surface area contributed by atoms with Gasteiger partial charge in [-0.15, -0.1) is 0 Å². The summed E-state index contributed by atoms with van der Waals surface area (Å²) in [5.41, 5.74) is -0.284. The quantitative estimate of drug-likeness (QED) is 0.0777. The molecule has 0 saturated heterocycles. The number of oxime groups is 1. The molecule has 0 aromatic heterocycles. The lowest BCUT2D eigenvalue weighted by Crippen LogP contribution is -2.37. The normalized spacial score (nSPS) is 14.6. The number of rotatable bonds is 13. The van der Waals surface area contributed by atoms with Crippen LogP contribution >= 0.6 is 0 Å². The Hall–Kier alpha value is -3.78. The number of carbonyl (C=O) groups is 3. The lowest BCUT2D eigenvalue weighted by atomic mass is 9.74. The zero-order chi connectivity index (χ0) is 28.4. The van der Waals surface area contributed by atoms with Crippen molar-refractivity contribution in [1.29, 1.82) is 0 Å². The molecular weight excluding hydrogens is 498 g/mol. The summed E-state index contributed by atoms with van der Waals surface area (Å²) in [4.78, 5) is 43.5. The molecule has 0 bridgehead atoms. The van der Waals surface area contributed by atoms with E-state index < -0.39 is 35.2 Å². The molecule has 3 atom stereocenters. The summed E-state index contributed by atoms with van der Waals surface area (Å²) in [6.07, 6.45) is 2.59. The van der Waals surface area contributed by atoms with Gasteiger partial charge in [-0.05, 0) is 53.8 Å². The van der Waals surface area contributed by atoms with Crippen LogP contribution in [0.4, 0.5) is 0 Å². The van der Waals surface area contributed by atoms with E-state index in [1.54, 1.807) is 20.1 Å². The molecule has 0 fully saturated rings. The highest BCUT2D eigenvalue weighted by Crippen LogP contribution is 2.37. The highest BCUT2D eigenvalue weighted by Gasteiger charge is 2.41. The summed E-state index contributed by atoms with van der Waals surface area (Å²) >= 11 is 0. The predicted molar refractivity (Wildman–Crippen MR) is 150 cm³/mol. The Morgan fingerprint density at radius 1 is 1.00 bits per heavy atom. The second kappa shape index (κ2) is 13.8. The van der Waals surface area contributed by atoms with Gasteiger partial charge in [0.1, 0.15) is 0 Å². The van der Waals surface area contributed by atoms with Crippen molar-refractivity contribution in [3.8, 4) is 0 Å². The number of hydrogen-bond donors (Lipinski definition) is 1. The molecule has 0 amide bonds. The zero-order valence-corrected chi connectivity index (χ0v) is 23.0. The Morgan fingerprint density at radius 2 is 1.62 bits per heavy atom. The van der Waals surface area contributed by atoms with Gasteiger partial charge in [0.25, 0.3) is 0 Å². The fourth-order valence-corrected chi connectivity index (χ4v) is 4.96. The second-order valence-electron chi connectivity index (χ2n) is 10.1. The van der Waals surface area contributed by atoms with Crippen LogP contribution in [-0.2, 0) is 28.7 Å². The van der Waals surface area contributed by atoms with Gasteiger partial charge in [0.2, 0.25) is 0 Å². The Balaban J connectivity index is 1.74. The monoisotopic (exact) mass is 535 g/mol. The van der Waals surface area contributed by atoms with Crippen molar-refractivity contribution < 1.29 is 33.8 Å². The van der Waals surface area contributed by atoms with Gasteiger partial charge in [0.05, 0.1) is 37.2 Å². The van der Waals surface area contributed by atoms with E-state index in [-0.39, 0.29) is 26.1 Å². The SMILES string of the molecule is CCC(CC(C)(CC(C)C(=O)O/N=C/c1c2ccccc2cc2ccccc12)C(=O)OC)C(=O)OCCCO. The van der Waals surface area contributed by atoms with Crippen LogP contribution < -0.4 is 0 Å². The highest BCUT2D eigenvalue weighted by molar-refractivity contribution is 6.13. The summed E-state index contributed by atoms with van der Waals surface area (Å²) in [7, 11) is 1.28. The number of methoxy groups -OCH3 is 1. The molecule has 0 heterocycles. The van der Waals surface area contributed by atoms with E-state index in [1.807, 2.05) is 55.5 Å². The van der Waals surface area contributed by atoms with Crippen LogP contribution in [0.2, 0.25) is 0 Å². The number of esters is 2. The number of aliphatic hydroxyl groups is 1. The molecule has 8 nitrogen and oxygen atoms in total. The van der Waals surface area contributed by atoms with Crippen molar-refractivity contribution in [2.45, 2.75) is 46.5 Å². The number of aliphatic hydroxyl groups excluding tert-OH is 1. The van der Waals surface area contributed by atoms with Crippen molar-refractivity contribution in [3.63, 3.8) is 0 Å². The third kappa shape index (κ3) is 7.41. The zero-order valence-electron chi connectivity index (χ0n) is 23.0. The molecule has 0 aliphatic rings. The van der Waals surface area contributed by atoms with Crippen molar-refractivity contribution in [2.75, 3.05) is 20.3 Å². The maximum atomic E-state index is 12.9. The van der Waals surface area contributed by atoms with E-state index in [0.29, 0.717) is 12.8 Å². The minimum absolute atomic E-state index is 0.0806. The highest BCUT2D eigenvalue weighted by atomic mass is 16.7. The van der Waals surface area contributed by atoms with Crippen LogP contribution in [-0.4, -0.2) is 49.6 Å². The first-order valence-electron chi connectivity index (χ1n) is 13.2. The van der Waals surface area contributed by atoms with Crippen molar-refractivity contribution in [3.05, 3.63) is 60.2 Å². The fourth-order valence-electron chi connectivity index (χ4n) is 4.96. The molecule has 0 radical (unpaired) electrons. The standard InChI is InChI=1S/C31H37NO7/c1-5-22(29(35)38-16-10-15-33)19-31(3,30(36)37-4)18-21(2)28(34)39-32-20-27-25-13-8-6-11-23(25)17-24-12-7-9-14-26(24)27/h6-9,11-14,17,20-22,33H,5,10,15-16,18-19H2,1-4H3/b32-20+. The van der Waals surface area contributed by atoms with Gasteiger partial charge in [0, 0.05) is 18.6 Å². The summed E-state index contributed by atoms with van der Waals surface area (Å²) in [5.74, 6) is -2.81. The maximum Gasteiger partial charge on any atom is 0.337 e. The molecule has 3 rings (SSSR count). The Bertz CT molecular complexity index is 1280. The topological polar surface area (TPSA) is 111 Å². The predicted octanol–water partition coefficient (Wildman–Crippen LogP) is 5.42. The van der Waals surface area contributed by atoms with E-state index in [1.165, 1.54) is 7.11 Å². The van der Waals surface area contributed by atoms with E-state index in [0.717, 1.165) is 27.1 Å². The van der Waals surface area contributed by atoms with Crippen molar-refractivity contribution >= 4 is 45.7 Å². The number of fused-ring (bicyclic) bond motifs is 2. The molecule has 0 saturated carbocycles. The smallest absolute Gasteiger partial charge is 0.337 e. The molecule has 3 unspecified atom stereocenters. The number of ether oxygens (including phenoxy) is 2. The van der Waals surface area contributed by atoms with Crippen LogP contribution in [0.3, 0.4) is 0 Å². The van der Waals surface area contributed by atoms with Gasteiger partial charge in [-0.2, -0.15) is 0 Å². The summed E-state index contributed by atoms with van der Waals surface area (Å²) in [6, 6.07) is 18.0. The molecule has 0 aliphatic heterocycles. The van der Waals surface area contributed by atoms with Gasteiger partial charge in [-0.3, -0.25) is 9.59 Å². The van der Waals surface area contributed by atoms with Crippen LogP contribution in [0.1, 0.15) is 52.0 Å². The minimum atomic E-state index is -1.13. The first-order valence-corrected chi connectivity index (χ1v) is 13.2. The second-order valence-corrected chi connectivity index (χ2v) is 10.1. The maximum absolute atomic E-state index is 12.9. The van der Waals surface area contributed by atoms with Gasteiger partial charge in [-0.25, -0.2) is 4.79 Å². The molecule has 0 spiro atoms. The van der Waals surface area contributed by atoms with E-state index in [4.69, 9.17) is 19.4 Å². The van der Waals surface area contributed by atoms with Crippen LogP contribution in [0.25, 0.3) is 21.5 Å². The average molecular weight is 536 g/mol. The van der Waals surface area contributed by atoms with Crippen LogP contribution in [0, 0.1) is 17.3 Å². The number of nitrogens with zero attached hydrogens (tertiary/aromatic N) is 1. The third-order valence-electron chi connectivity index (χ3n) is 7.04. The first-order chi connectivity index (χ1) is 18.7. The molecule has 3 aromatic carbocycles. The van der Waals surface area contributed by atoms with Crippen LogP contribution in [0.15, 0.2) is 59.8 Å². The summed E-state index contributed by atoms with van der Waals surface area (Å²) in [5, 5.41) is 17.0. The van der Waals surface area contributed by atoms with E-state index in [2.05, 4.69) is 11.2 Å². The number of benzene rings is 3.